The molecule has 0 bridgehead atoms. The van der Waals surface area contributed by atoms with Gasteiger partial charge in [-0.3, -0.25) is 0 Å². The fourth-order valence-corrected chi connectivity index (χ4v) is 2.18. The molecule has 1 heterocycles. The summed E-state index contributed by atoms with van der Waals surface area (Å²) in [7, 11) is 0. The maximum atomic E-state index is 8.92. The summed E-state index contributed by atoms with van der Waals surface area (Å²) in [6.45, 7) is 6.93. The fourth-order valence-electron chi connectivity index (χ4n) is 1.22. The summed E-state index contributed by atoms with van der Waals surface area (Å²) in [6, 6.07) is 7.52. The van der Waals surface area contributed by atoms with Crippen molar-refractivity contribution in [1.82, 2.24) is 0 Å². The highest BCUT2D eigenvalue weighted by atomic mass is 32.1. The number of nitrogens with zero attached hydrogens (tertiary/aromatic N) is 1. The number of aliphatic hydroxyl groups is 1. The zero-order valence-corrected chi connectivity index (χ0v) is 7.64. The second-order valence-electron chi connectivity index (χ2n) is 2.70. The molecule has 2 nitrogen and oxygen atoms in total. The van der Waals surface area contributed by atoms with E-state index in [1.165, 1.54) is 11.3 Å². The third-order valence-corrected chi connectivity index (χ3v) is 2.92. The summed E-state index contributed by atoms with van der Waals surface area (Å²) in [5, 5.41) is 10.0. The van der Waals surface area contributed by atoms with Gasteiger partial charge in [0.1, 0.15) is 0 Å². The van der Waals surface area contributed by atoms with Gasteiger partial charge in [-0.25, -0.2) is 4.85 Å². The molecule has 0 aliphatic rings. The van der Waals surface area contributed by atoms with E-state index in [1.54, 1.807) is 6.07 Å². The summed E-state index contributed by atoms with van der Waals surface area (Å²) in [4.78, 5) is 4.29. The minimum atomic E-state index is 0.0761. The van der Waals surface area contributed by atoms with E-state index in [4.69, 9.17) is 11.7 Å². The molecule has 0 radical (unpaired) electrons. The van der Waals surface area contributed by atoms with Crippen LogP contribution in [-0.4, -0.2) is 5.11 Å². The topological polar surface area (TPSA) is 24.6 Å². The Morgan fingerprint density at radius 3 is 2.92 bits per heavy atom. The van der Waals surface area contributed by atoms with Crippen molar-refractivity contribution >= 4 is 27.1 Å². The van der Waals surface area contributed by atoms with Crippen molar-refractivity contribution in [2.75, 3.05) is 0 Å². The molecule has 0 aliphatic heterocycles. The Morgan fingerprint density at radius 1 is 1.38 bits per heavy atom. The average molecular weight is 189 g/mol. The molecule has 0 saturated carbocycles. The van der Waals surface area contributed by atoms with E-state index >= 15 is 0 Å². The maximum absolute atomic E-state index is 8.92. The standard InChI is InChI=1S/C10H7NOS/c1-11-8-3-2-7-4-9(6-12)13-10(7)5-8/h2-5,12H,6H2. The zero-order valence-electron chi connectivity index (χ0n) is 6.82. The van der Waals surface area contributed by atoms with Crippen LogP contribution in [-0.2, 0) is 6.61 Å². The smallest absolute Gasteiger partial charge is 0.188 e. The van der Waals surface area contributed by atoms with Crippen LogP contribution in [0.1, 0.15) is 4.88 Å². The van der Waals surface area contributed by atoms with Crippen molar-refractivity contribution in [3.8, 4) is 0 Å². The molecule has 1 N–H and O–H groups in total. The van der Waals surface area contributed by atoms with E-state index in [1.807, 2.05) is 18.2 Å². The van der Waals surface area contributed by atoms with Crippen molar-refractivity contribution in [2.24, 2.45) is 0 Å². The molecule has 0 spiro atoms. The molecule has 0 atom stereocenters. The van der Waals surface area contributed by atoms with Crippen molar-refractivity contribution in [3.63, 3.8) is 0 Å². The summed E-state index contributed by atoms with van der Waals surface area (Å²) in [5.74, 6) is 0. The van der Waals surface area contributed by atoms with Gasteiger partial charge in [0.2, 0.25) is 0 Å². The number of fused-ring (bicyclic) bond motifs is 1. The van der Waals surface area contributed by atoms with Gasteiger partial charge in [-0.05, 0) is 17.5 Å². The monoisotopic (exact) mass is 189 g/mol. The fraction of sp³-hybridized carbons (Fsp3) is 0.100. The predicted octanol–water partition coefficient (Wildman–Crippen LogP) is 2.94. The molecule has 0 fully saturated rings. The number of rotatable bonds is 1. The van der Waals surface area contributed by atoms with Gasteiger partial charge in [0.25, 0.3) is 0 Å². The quantitative estimate of drug-likeness (QED) is 0.685. The molecular formula is C10H7NOS. The summed E-state index contributed by atoms with van der Waals surface area (Å²) in [5.41, 5.74) is 0.652. The molecular weight excluding hydrogens is 182 g/mol. The van der Waals surface area contributed by atoms with Crippen LogP contribution in [0.4, 0.5) is 5.69 Å². The third kappa shape index (κ3) is 1.42. The van der Waals surface area contributed by atoms with Crippen LogP contribution >= 0.6 is 11.3 Å². The summed E-state index contributed by atoms with van der Waals surface area (Å²) in [6.07, 6.45) is 0. The van der Waals surface area contributed by atoms with E-state index < -0.39 is 0 Å². The Hall–Kier alpha value is -1.37. The number of benzene rings is 1. The molecule has 2 rings (SSSR count). The molecule has 0 amide bonds. The van der Waals surface area contributed by atoms with E-state index in [-0.39, 0.29) is 6.61 Å². The molecule has 1 aromatic carbocycles. The van der Waals surface area contributed by atoms with E-state index in [0.717, 1.165) is 15.0 Å². The average Bonchev–Trinajstić information content (AvgIpc) is 2.58. The summed E-state index contributed by atoms with van der Waals surface area (Å²) >= 11 is 1.53. The van der Waals surface area contributed by atoms with E-state index in [2.05, 4.69) is 4.85 Å². The Labute approximate surface area is 79.9 Å². The minimum absolute atomic E-state index is 0.0761. The SMILES string of the molecule is [C-]#[N+]c1ccc2cc(CO)sc2c1. The van der Waals surface area contributed by atoms with Crippen LogP contribution < -0.4 is 0 Å². The molecule has 64 valence electrons. The zero-order chi connectivity index (χ0) is 9.26. The molecule has 3 heteroatoms. The molecule has 13 heavy (non-hydrogen) atoms. The van der Waals surface area contributed by atoms with Crippen LogP contribution in [0, 0.1) is 6.57 Å². The van der Waals surface area contributed by atoms with Gasteiger partial charge in [-0.15, -0.1) is 11.3 Å². The highest BCUT2D eigenvalue weighted by Gasteiger charge is 2.01. The number of aliphatic hydroxyl groups excluding tert-OH is 1. The van der Waals surface area contributed by atoms with Crippen molar-refractivity contribution in [3.05, 3.63) is 40.6 Å². The number of hydrogen-bond acceptors (Lipinski definition) is 2. The normalized spacial score (nSPS) is 10.2. The number of hydrogen-bond donors (Lipinski definition) is 1. The Morgan fingerprint density at radius 2 is 2.23 bits per heavy atom. The van der Waals surface area contributed by atoms with E-state index in [0.29, 0.717) is 5.69 Å². The van der Waals surface area contributed by atoms with Gasteiger partial charge < -0.3 is 5.11 Å². The lowest BCUT2D eigenvalue weighted by Crippen LogP contribution is -1.70. The first kappa shape index (κ1) is 8.24. The van der Waals surface area contributed by atoms with Crippen LogP contribution in [0.5, 0.6) is 0 Å². The van der Waals surface area contributed by atoms with Gasteiger partial charge >= 0.3 is 0 Å². The van der Waals surface area contributed by atoms with Crippen molar-refractivity contribution in [2.45, 2.75) is 6.61 Å². The van der Waals surface area contributed by atoms with Crippen molar-refractivity contribution in [1.29, 1.82) is 0 Å². The van der Waals surface area contributed by atoms with Gasteiger partial charge in [-0.1, -0.05) is 12.1 Å². The largest absolute Gasteiger partial charge is 0.391 e. The maximum Gasteiger partial charge on any atom is 0.188 e. The van der Waals surface area contributed by atoms with Crippen molar-refractivity contribution < 1.29 is 5.11 Å². The third-order valence-electron chi connectivity index (χ3n) is 1.84. The van der Waals surface area contributed by atoms with Crippen LogP contribution in [0.2, 0.25) is 0 Å². The lowest BCUT2D eigenvalue weighted by molar-refractivity contribution is 0.285. The number of thiophene rings is 1. The summed E-state index contributed by atoms with van der Waals surface area (Å²) < 4.78 is 1.07. The van der Waals surface area contributed by atoms with Gasteiger partial charge in [0, 0.05) is 9.58 Å². The first-order chi connectivity index (χ1) is 6.33. The Kier molecular flexibility index (Phi) is 2.01. The van der Waals surface area contributed by atoms with Gasteiger partial charge in [0.15, 0.2) is 5.69 Å². The van der Waals surface area contributed by atoms with Gasteiger partial charge in [-0.2, -0.15) is 0 Å². The lowest BCUT2D eigenvalue weighted by Gasteiger charge is -1.88. The van der Waals surface area contributed by atoms with Crippen LogP contribution in [0.15, 0.2) is 24.3 Å². The molecule has 1 aromatic heterocycles. The highest BCUT2D eigenvalue weighted by molar-refractivity contribution is 7.19. The Bertz CT molecular complexity index is 481. The van der Waals surface area contributed by atoms with Crippen LogP contribution in [0.25, 0.3) is 14.9 Å². The molecule has 2 aromatic rings. The lowest BCUT2D eigenvalue weighted by atomic mass is 10.2. The van der Waals surface area contributed by atoms with E-state index in [9.17, 15) is 0 Å². The Balaban J connectivity index is 2.65. The first-order valence-electron chi connectivity index (χ1n) is 3.84. The second-order valence-corrected chi connectivity index (χ2v) is 3.87. The molecule has 0 saturated heterocycles. The first-order valence-corrected chi connectivity index (χ1v) is 4.66. The molecule has 0 aliphatic carbocycles. The van der Waals surface area contributed by atoms with Crippen LogP contribution in [0.3, 0.4) is 0 Å². The predicted molar refractivity (Wildman–Crippen MR) is 54.0 cm³/mol. The van der Waals surface area contributed by atoms with Gasteiger partial charge in [0.05, 0.1) is 13.2 Å². The minimum Gasteiger partial charge on any atom is -0.391 e. The second kappa shape index (κ2) is 3.17. The molecule has 0 unspecified atom stereocenters. The highest BCUT2D eigenvalue weighted by Crippen LogP contribution is 2.29.